The predicted molar refractivity (Wildman–Crippen MR) is 163 cm³/mol. The topological polar surface area (TPSA) is 109 Å². The summed E-state index contributed by atoms with van der Waals surface area (Å²) in [5, 5.41) is 3.32. The second-order valence-corrected chi connectivity index (χ2v) is 11.2. The second-order valence-electron chi connectivity index (χ2n) is 11.2. The summed E-state index contributed by atoms with van der Waals surface area (Å²) in [7, 11) is 0. The van der Waals surface area contributed by atoms with Crippen LogP contribution in [-0.4, -0.2) is 82.7 Å². The molecular weight excluding hydrogens is 520 g/mol. The van der Waals surface area contributed by atoms with Crippen LogP contribution >= 0.6 is 0 Å². The van der Waals surface area contributed by atoms with Crippen molar-refractivity contribution < 1.29 is 9.47 Å². The van der Waals surface area contributed by atoms with E-state index in [9.17, 15) is 9.59 Å². The van der Waals surface area contributed by atoms with E-state index in [2.05, 4.69) is 20.2 Å². The molecule has 2 aromatic heterocycles. The lowest BCUT2D eigenvalue weighted by Gasteiger charge is -2.32. The summed E-state index contributed by atoms with van der Waals surface area (Å²) in [6.45, 7) is 11.0. The fraction of sp³-hybridized carbons (Fsp3) is 0.548. The number of piperidine rings is 2. The van der Waals surface area contributed by atoms with Crippen LogP contribution in [-0.2, 0) is 9.47 Å². The smallest absolute Gasteiger partial charge is 0.326 e. The van der Waals surface area contributed by atoms with Crippen LogP contribution in [0.25, 0.3) is 22.1 Å². The first-order valence-electron chi connectivity index (χ1n) is 15.0. The van der Waals surface area contributed by atoms with Crippen molar-refractivity contribution in [3.63, 3.8) is 0 Å². The minimum atomic E-state index is 0.00753. The molecule has 0 radical (unpaired) electrons. The fourth-order valence-corrected chi connectivity index (χ4v) is 5.98. The Morgan fingerprint density at radius 1 is 0.756 bits per heavy atom. The van der Waals surface area contributed by atoms with Gasteiger partial charge in [0.1, 0.15) is 0 Å². The Kier molecular flexibility index (Phi) is 10.1. The maximum Gasteiger partial charge on any atom is 0.326 e. The first-order chi connectivity index (χ1) is 20.0. The maximum absolute atomic E-state index is 12.3. The average Bonchev–Trinajstić information content (AvgIpc) is 3.51. The van der Waals surface area contributed by atoms with E-state index in [1.807, 2.05) is 71.5 Å². The van der Waals surface area contributed by atoms with E-state index in [0.29, 0.717) is 19.3 Å². The molecule has 0 bridgehead atoms. The number of benzene rings is 2. The van der Waals surface area contributed by atoms with E-state index in [1.54, 1.807) is 0 Å². The monoisotopic (exact) mass is 564 g/mol. The molecule has 222 valence electrons. The molecule has 10 nitrogen and oxygen atoms in total. The number of nitrogens with zero attached hydrogens (tertiary/aromatic N) is 3. The molecular formula is C31H44N6O4. The molecule has 10 heteroatoms. The number of rotatable bonds is 9. The number of H-pyrrole nitrogens is 2. The Bertz CT molecular complexity index is 1490. The lowest BCUT2D eigenvalue weighted by atomic mass is 10.0. The number of likely N-dealkylation sites (tertiary alicyclic amines) is 1. The van der Waals surface area contributed by atoms with Crippen LogP contribution in [0.5, 0.6) is 0 Å². The molecule has 3 N–H and O–H groups in total. The average molecular weight is 565 g/mol. The molecule has 0 amide bonds. The number of fused-ring (bicyclic) bond motifs is 2. The lowest BCUT2D eigenvalue weighted by Crippen LogP contribution is -2.38. The molecule has 2 aliphatic heterocycles. The van der Waals surface area contributed by atoms with E-state index in [4.69, 9.17) is 9.47 Å². The molecule has 0 aliphatic carbocycles. The molecule has 0 atom stereocenters. The van der Waals surface area contributed by atoms with Gasteiger partial charge in [-0.2, -0.15) is 0 Å². The Morgan fingerprint density at radius 2 is 1.29 bits per heavy atom. The van der Waals surface area contributed by atoms with Gasteiger partial charge in [0.05, 0.1) is 48.0 Å². The van der Waals surface area contributed by atoms with Gasteiger partial charge in [0.15, 0.2) is 0 Å². The molecule has 2 aliphatic rings. The molecule has 6 rings (SSSR count). The molecule has 4 heterocycles. The number of hydrogen-bond donors (Lipinski definition) is 3. The van der Waals surface area contributed by atoms with Crippen LogP contribution in [0.4, 0.5) is 0 Å². The van der Waals surface area contributed by atoms with Gasteiger partial charge < -0.3 is 29.7 Å². The summed E-state index contributed by atoms with van der Waals surface area (Å²) in [5.74, 6) is 0. The summed E-state index contributed by atoms with van der Waals surface area (Å²) in [4.78, 5) is 32.5. The quantitative estimate of drug-likeness (QED) is 0.268. The molecule has 2 aromatic carbocycles. The van der Waals surface area contributed by atoms with Crippen LogP contribution in [0, 0.1) is 0 Å². The van der Waals surface area contributed by atoms with Gasteiger partial charge in [-0.3, -0.25) is 9.13 Å². The molecule has 4 aromatic rings. The Morgan fingerprint density at radius 3 is 1.85 bits per heavy atom. The number of para-hydroxylation sites is 4. The van der Waals surface area contributed by atoms with E-state index < -0.39 is 0 Å². The van der Waals surface area contributed by atoms with Crippen molar-refractivity contribution in [1.29, 1.82) is 0 Å². The third-order valence-electron chi connectivity index (χ3n) is 8.07. The lowest BCUT2D eigenvalue weighted by molar-refractivity contribution is 0.0120. The van der Waals surface area contributed by atoms with Crippen molar-refractivity contribution in [2.24, 2.45) is 0 Å². The maximum atomic E-state index is 12.3. The zero-order valence-corrected chi connectivity index (χ0v) is 24.3. The van der Waals surface area contributed by atoms with Gasteiger partial charge in [0.25, 0.3) is 0 Å². The van der Waals surface area contributed by atoms with Crippen molar-refractivity contribution >= 4 is 22.1 Å². The van der Waals surface area contributed by atoms with Crippen LogP contribution in [0.2, 0.25) is 0 Å². The molecule has 0 saturated carbocycles. The predicted octanol–water partition coefficient (Wildman–Crippen LogP) is 3.66. The van der Waals surface area contributed by atoms with Crippen molar-refractivity contribution in [2.75, 3.05) is 52.5 Å². The number of imidazole rings is 2. The van der Waals surface area contributed by atoms with E-state index in [-0.39, 0.29) is 23.5 Å². The van der Waals surface area contributed by atoms with Crippen LogP contribution in [0.1, 0.15) is 51.6 Å². The third-order valence-corrected chi connectivity index (χ3v) is 8.07. The summed E-state index contributed by atoms with van der Waals surface area (Å²) in [6, 6.07) is 16.4. The Labute approximate surface area is 240 Å². The first kappa shape index (κ1) is 29.3. The van der Waals surface area contributed by atoms with E-state index in [1.165, 1.54) is 0 Å². The van der Waals surface area contributed by atoms with Crippen molar-refractivity contribution in [1.82, 2.24) is 29.3 Å². The van der Waals surface area contributed by atoms with Gasteiger partial charge in [0, 0.05) is 31.7 Å². The highest BCUT2D eigenvalue weighted by Crippen LogP contribution is 2.25. The summed E-state index contributed by atoms with van der Waals surface area (Å²) in [5.41, 5.74) is 3.93. The number of nitrogens with one attached hydrogen (secondary N) is 3. The van der Waals surface area contributed by atoms with Crippen LogP contribution in [0.15, 0.2) is 58.1 Å². The van der Waals surface area contributed by atoms with Crippen LogP contribution < -0.4 is 16.7 Å². The largest absolute Gasteiger partial charge is 0.378 e. The first-order valence-corrected chi connectivity index (χ1v) is 15.0. The minimum Gasteiger partial charge on any atom is -0.378 e. The summed E-state index contributed by atoms with van der Waals surface area (Å²) < 4.78 is 14.9. The highest BCUT2D eigenvalue weighted by molar-refractivity contribution is 5.75. The van der Waals surface area contributed by atoms with Gasteiger partial charge in [0.2, 0.25) is 0 Å². The van der Waals surface area contributed by atoms with Crippen molar-refractivity contribution in [2.45, 2.75) is 57.7 Å². The summed E-state index contributed by atoms with van der Waals surface area (Å²) >= 11 is 0. The number of hydrogen-bond acceptors (Lipinski definition) is 6. The molecule has 41 heavy (non-hydrogen) atoms. The van der Waals surface area contributed by atoms with Gasteiger partial charge in [-0.05, 0) is 76.9 Å². The zero-order chi connectivity index (χ0) is 28.6. The van der Waals surface area contributed by atoms with Gasteiger partial charge >= 0.3 is 11.4 Å². The molecule has 2 saturated heterocycles. The Balaban J connectivity index is 0.000000181. The van der Waals surface area contributed by atoms with Gasteiger partial charge in [-0.25, -0.2) is 9.59 Å². The number of ether oxygens (including phenoxy) is 2. The van der Waals surface area contributed by atoms with E-state index >= 15 is 0 Å². The summed E-state index contributed by atoms with van der Waals surface area (Å²) in [6.07, 6.45) is 4.32. The standard InChI is InChI=1S/C19H29N3O3.C12H15N3O/c1-15(2)25-14-13-24-12-11-21-9-7-16(8-10-21)22-18-6-4-3-5-17(18)20-19(22)23;16-12-14-10-3-1-2-4-11(10)15(12)9-5-7-13-8-6-9/h3-6,15-16H,7-14H2,1-2H3,(H,20,23);1-4,9,13H,5-8H2,(H,14,16). The fourth-order valence-electron chi connectivity index (χ4n) is 5.98. The van der Waals surface area contributed by atoms with E-state index in [0.717, 1.165) is 87.1 Å². The zero-order valence-electron chi connectivity index (χ0n) is 24.3. The van der Waals surface area contributed by atoms with Gasteiger partial charge in [-0.1, -0.05) is 24.3 Å². The van der Waals surface area contributed by atoms with Crippen molar-refractivity contribution in [3.8, 4) is 0 Å². The highest BCUT2D eigenvalue weighted by atomic mass is 16.5. The molecule has 2 fully saturated rings. The minimum absolute atomic E-state index is 0.00753. The third kappa shape index (κ3) is 7.37. The van der Waals surface area contributed by atoms with Gasteiger partial charge in [-0.15, -0.1) is 0 Å². The van der Waals surface area contributed by atoms with Crippen molar-refractivity contribution in [3.05, 3.63) is 69.5 Å². The SMILES string of the molecule is CC(C)OCCOCCN1CCC(n2c(=O)[nH]c3ccccc32)CC1.O=c1[nH]c2ccccc2n1C1CCNCC1. The number of aromatic amines is 2. The molecule has 0 spiro atoms. The number of aromatic nitrogens is 4. The molecule has 0 unspecified atom stereocenters. The second kappa shape index (κ2) is 14.1. The Hall–Kier alpha value is -3.18. The van der Waals surface area contributed by atoms with Crippen LogP contribution in [0.3, 0.4) is 0 Å². The normalized spacial score (nSPS) is 17.3. The highest BCUT2D eigenvalue weighted by Gasteiger charge is 2.23.